The van der Waals surface area contributed by atoms with E-state index in [4.69, 9.17) is 4.74 Å². The van der Waals surface area contributed by atoms with E-state index in [0.29, 0.717) is 0 Å². The third-order valence-corrected chi connectivity index (χ3v) is 12.2. The molecule has 61 heavy (non-hydrogen) atoms. The Hall–Kier alpha value is -7.94. The molecule has 10 aromatic carbocycles. The van der Waals surface area contributed by atoms with Crippen molar-refractivity contribution in [1.82, 2.24) is 0 Å². The first kappa shape index (κ1) is 36.2. The summed E-state index contributed by atoms with van der Waals surface area (Å²) in [5.41, 5.74) is 14.4. The third kappa shape index (κ3) is 6.46. The molecule has 10 aromatic rings. The van der Waals surface area contributed by atoms with Crippen molar-refractivity contribution in [1.29, 1.82) is 0 Å². The van der Waals surface area contributed by atoms with Crippen LogP contribution in [0.2, 0.25) is 0 Å². The fourth-order valence-electron chi connectivity index (χ4n) is 9.25. The lowest BCUT2D eigenvalue weighted by Gasteiger charge is -2.42. The normalized spacial score (nSPS) is 14.1. The fourth-order valence-corrected chi connectivity index (χ4v) is 9.25. The van der Waals surface area contributed by atoms with Gasteiger partial charge in [-0.3, -0.25) is 0 Å². The molecule has 11 rings (SSSR count). The number of fused-ring (bicyclic) bond motifs is 3. The van der Waals surface area contributed by atoms with Crippen LogP contribution in [0.15, 0.2) is 249 Å². The fraction of sp³-hybridized carbons (Fsp3) is 0.0169. The maximum Gasteiger partial charge on any atom is 0.132 e. The van der Waals surface area contributed by atoms with E-state index in [1.165, 1.54) is 38.8 Å². The largest absolute Gasteiger partial charge is 0.457 e. The standard InChI is InChI=1S/C59H41NO/c1-4-15-42(16-5-1)44-27-33-52(34-28-44)60(53-35-29-45(30-36-53)43-17-6-2-7-18-43)54-37-31-46(32-38-54)47-21-14-24-51(39-47)59(50-22-8-3-9-23-50)55-25-12-13-26-57(55)61-58-41-49-20-11-10-19-48(49)40-56(58)59/h1-41H. The summed E-state index contributed by atoms with van der Waals surface area (Å²) in [5.74, 6) is 1.75. The zero-order valence-electron chi connectivity index (χ0n) is 33.5. The molecule has 1 heterocycles. The van der Waals surface area contributed by atoms with Crippen LogP contribution in [0.3, 0.4) is 0 Å². The van der Waals surface area contributed by atoms with Crippen LogP contribution in [-0.4, -0.2) is 0 Å². The molecule has 1 atom stereocenters. The summed E-state index contributed by atoms with van der Waals surface area (Å²) >= 11 is 0. The average Bonchev–Trinajstić information content (AvgIpc) is 3.34. The molecule has 0 amide bonds. The van der Waals surface area contributed by atoms with Crippen molar-refractivity contribution >= 4 is 27.8 Å². The minimum Gasteiger partial charge on any atom is -0.457 e. The highest BCUT2D eigenvalue weighted by atomic mass is 16.5. The van der Waals surface area contributed by atoms with Gasteiger partial charge in [0.25, 0.3) is 0 Å². The first-order valence-corrected chi connectivity index (χ1v) is 20.9. The monoisotopic (exact) mass is 779 g/mol. The molecule has 1 unspecified atom stereocenters. The van der Waals surface area contributed by atoms with Crippen LogP contribution < -0.4 is 9.64 Å². The number of benzene rings is 10. The minimum atomic E-state index is -0.625. The van der Waals surface area contributed by atoms with Crippen LogP contribution in [0.1, 0.15) is 22.3 Å². The van der Waals surface area contributed by atoms with Gasteiger partial charge in [-0.2, -0.15) is 0 Å². The maximum absolute atomic E-state index is 6.76. The first-order valence-electron chi connectivity index (χ1n) is 20.9. The topological polar surface area (TPSA) is 12.5 Å². The molecule has 2 nitrogen and oxygen atoms in total. The predicted octanol–water partition coefficient (Wildman–Crippen LogP) is 15.8. The van der Waals surface area contributed by atoms with E-state index in [-0.39, 0.29) is 0 Å². The number of hydrogen-bond donors (Lipinski definition) is 0. The van der Waals surface area contributed by atoms with Crippen molar-refractivity contribution in [2.75, 3.05) is 4.90 Å². The van der Waals surface area contributed by atoms with Gasteiger partial charge in [0, 0.05) is 28.2 Å². The predicted molar refractivity (Wildman–Crippen MR) is 253 cm³/mol. The Morgan fingerprint density at radius 1 is 0.279 bits per heavy atom. The van der Waals surface area contributed by atoms with Gasteiger partial charge in [-0.15, -0.1) is 0 Å². The van der Waals surface area contributed by atoms with Gasteiger partial charge in [0.15, 0.2) is 0 Å². The molecular formula is C59H41NO. The molecule has 1 aliphatic heterocycles. The Kier molecular flexibility index (Phi) is 9.09. The number of anilines is 3. The molecule has 0 aromatic heterocycles. The van der Waals surface area contributed by atoms with E-state index >= 15 is 0 Å². The smallest absolute Gasteiger partial charge is 0.132 e. The van der Waals surface area contributed by atoms with Gasteiger partial charge in [-0.1, -0.05) is 188 Å². The van der Waals surface area contributed by atoms with Crippen molar-refractivity contribution in [3.63, 3.8) is 0 Å². The zero-order valence-corrected chi connectivity index (χ0v) is 33.5. The summed E-state index contributed by atoms with van der Waals surface area (Å²) in [6, 6.07) is 89.5. The lowest BCUT2D eigenvalue weighted by Crippen LogP contribution is -2.34. The average molecular weight is 780 g/mol. The quantitative estimate of drug-likeness (QED) is 0.152. The molecule has 288 valence electrons. The van der Waals surface area contributed by atoms with Gasteiger partial charge < -0.3 is 9.64 Å². The number of nitrogens with zero attached hydrogens (tertiary/aromatic N) is 1. The first-order chi connectivity index (χ1) is 30.2. The molecule has 0 saturated carbocycles. The van der Waals surface area contributed by atoms with Crippen LogP contribution in [0.5, 0.6) is 11.5 Å². The highest BCUT2D eigenvalue weighted by Crippen LogP contribution is 2.56. The van der Waals surface area contributed by atoms with Gasteiger partial charge in [-0.05, 0) is 116 Å². The van der Waals surface area contributed by atoms with E-state index in [1.807, 2.05) is 0 Å². The van der Waals surface area contributed by atoms with E-state index in [2.05, 4.69) is 254 Å². The van der Waals surface area contributed by atoms with Gasteiger partial charge in [0.05, 0.1) is 5.41 Å². The number of rotatable bonds is 8. The van der Waals surface area contributed by atoms with Crippen LogP contribution in [-0.2, 0) is 5.41 Å². The summed E-state index contributed by atoms with van der Waals surface area (Å²) in [4.78, 5) is 2.34. The van der Waals surface area contributed by atoms with Gasteiger partial charge in [-0.25, -0.2) is 0 Å². The molecule has 0 N–H and O–H groups in total. The third-order valence-electron chi connectivity index (χ3n) is 12.2. The van der Waals surface area contributed by atoms with Gasteiger partial charge in [0.1, 0.15) is 11.5 Å². The summed E-state index contributed by atoms with van der Waals surface area (Å²) in [7, 11) is 0. The maximum atomic E-state index is 6.76. The second-order valence-corrected chi connectivity index (χ2v) is 15.7. The van der Waals surface area contributed by atoms with E-state index < -0.39 is 5.41 Å². The van der Waals surface area contributed by atoms with Crippen LogP contribution in [0, 0.1) is 0 Å². The molecular weight excluding hydrogens is 739 g/mol. The van der Waals surface area contributed by atoms with E-state index in [9.17, 15) is 0 Å². The molecule has 0 fully saturated rings. The van der Waals surface area contributed by atoms with Crippen LogP contribution in [0.25, 0.3) is 44.2 Å². The Bertz CT molecular complexity index is 3040. The van der Waals surface area contributed by atoms with Crippen molar-refractivity contribution in [3.8, 4) is 44.9 Å². The Balaban J connectivity index is 1.02. The SMILES string of the molecule is c1ccc(-c2ccc(N(c3ccc(-c4ccccc4)cc3)c3ccc(-c4cccc(C5(c6ccccc6)c6ccccc6Oc6cc7ccccc7cc65)c4)cc3)cc2)cc1. The number of para-hydroxylation sites is 1. The minimum absolute atomic E-state index is 0.625. The van der Waals surface area contributed by atoms with Crippen molar-refractivity contribution < 1.29 is 4.74 Å². The molecule has 0 aliphatic carbocycles. The molecule has 0 bridgehead atoms. The number of hydrogen-bond acceptors (Lipinski definition) is 2. The van der Waals surface area contributed by atoms with Crippen molar-refractivity contribution in [2.24, 2.45) is 0 Å². The lowest BCUT2D eigenvalue weighted by atomic mass is 9.63. The second-order valence-electron chi connectivity index (χ2n) is 15.7. The highest BCUT2D eigenvalue weighted by Gasteiger charge is 2.45. The van der Waals surface area contributed by atoms with Crippen molar-refractivity contribution in [2.45, 2.75) is 5.41 Å². The lowest BCUT2D eigenvalue weighted by molar-refractivity contribution is 0.435. The van der Waals surface area contributed by atoms with Crippen LogP contribution >= 0.6 is 0 Å². The molecule has 0 saturated heterocycles. The second kappa shape index (κ2) is 15.3. The van der Waals surface area contributed by atoms with E-state index in [1.54, 1.807) is 0 Å². The Morgan fingerprint density at radius 2 is 0.705 bits per heavy atom. The summed E-state index contributed by atoms with van der Waals surface area (Å²) in [6.45, 7) is 0. The summed E-state index contributed by atoms with van der Waals surface area (Å²) in [5, 5.41) is 2.34. The van der Waals surface area contributed by atoms with E-state index in [0.717, 1.165) is 56.2 Å². The van der Waals surface area contributed by atoms with Gasteiger partial charge >= 0.3 is 0 Å². The summed E-state index contributed by atoms with van der Waals surface area (Å²) in [6.07, 6.45) is 0. The molecule has 2 heteroatoms. The van der Waals surface area contributed by atoms with Gasteiger partial charge in [0.2, 0.25) is 0 Å². The van der Waals surface area contributed by atoms with Crippen molar-refractivity contribution in [3.05, 3.63) is 271 Å². The molecule has 1 aliphatic rings. The Labute approximate surface area is 357 Å². The molecule has 0 radical (unpaired) electrons. The number of ether oxygens (including phenoxy) is 1. The zero-order chi connectivity index (χ0) is 40.6. The van der Waals surface area contributed by atoms with Crippen LogP contribution in [0.4, 0.5) is 17.1 Å². The summed E-state index contributed by atoms with van der Waals surface area (Å²) < 4.78 is 6.76. The Morgan fingerprint density at radius 3 is 1.28 bits per heavy atom. The molecule has 0 spiro atoms. The highest BCUT2D eigenvalue weighted by molar-refractivity contribution is 5.88.